The Balaban J connectivity index is 1.05. The first-order chi connectivity index (χ1) is 26.0. The van der Waals surface area contributed by atoms with Crippen molar-refractivity contribution in [2.24, 2.45) is 0 Å². The zero-order valence-electron chi connectivity index (χ0n) is 31.6. The number of carbonyl (C=O) groups is 2. The lowest BCUT2D eigenvalue weighted by molar-refractivity contribution is 0.0725. The van der Waals surface area contributed by atoms with E-state index in [-0.39, 0.29) is 11.9 Å². The molecule has 1 aromatic heterocycles. The van der Waals surface area contributed by atoms with E-state index in [0.29, 0.717) is 34.3 Å². The van der Waals surface area contributed by atoms with Gasteiger partial charge in [0.1, 0.15) is 11.5 Å². The van der Waals surface area contributed by atoms with Gasteiger partial charge in [-0.15, -0.1) is 0 Å². The predicted molar refractivity (Wildman–Crippen MR) is 214 cm³/mol. The molecule has 0 atom stereocenters. The highest BCUT2D eigenvalue weighted by Gasteiger charge is 2.13. The Morgan fingerprint density at radius 3 is 1.32 bits per heavy atom. The quantitative estimate of drug-likeness (QED) is 0.0404. The molecule has 0 bridgehead atoms. The van der Waals surface area contributed by atoms with E-state index in [1.54, 1.807) is 30.5 Å². The summed E-state index contributed by atoms with van der Waals surface area (Å²) < 4.78 is 17.3. The first kappa shape index (κ1) is 39.2. The van der Waals surface area contributed by atoms with Gasteiger partial charge in [0, 0.05) is 11.1 Å². The topological polar surface area (TPSA) is 78.6 Å². The van der Waals surface area contributed by atoms with Crippen LogP contribution < -0.4 is 9.47 Å². The molecular weight excluding hydrogens is 659 g/mol. The molecule has 0 aliphatic carbocycles. The fourth-order valence-corrected chi connectivity index (χ4v) is 6.41. The second-order valence-electron chi connectivity index (χ2n) is 14.0. The third-order valence-electron chi connectivity index (χ3n) is 9.68. The minimum Gasteiger partial charge on any atom is -0.436 e. The summed E-state index contributed by atoms with van der Waals surface area (Å²) in [5.74, 6) is 1.15. The molecular formula is C47H55NO5. The number of aromatic nitrogens is 1. The van der Waals surface area contributed by atoms with Gasteiger partial charge in [0.05, 0.1) is 17.3 Å². The summed E-state index contributed by atoms with van der Waals surface area (Å²) in [7, 11) is 0. The van der Waals surface area contributed by atoms with Crippen LogP contribution in [-0.4, -0.2) is 16.9 Å². The SMILES string of the molecule is CCCCCCCCCc1ccc(C(=O)Oc2ccc(-c3cnc(-c4ccc(OC(=O)c5ccc(CCCCCCCCC)cc5)cc4)o3)cc2)cc1. The Morgan fingerprint density at radius 1 is 0.491 bits per heavy atom. The van der Waals surface area contributed by atoms with Crippen LogP contribution in [0, 0.1) is 0 Å². The molecule has 0 unspecified atom stereocenters. The molecule has 5 aromatic rings. The fraction of sp³-hybridized carbons (Fsp3) is 0.383. The van der Waals surface area contributed by atoms with Gasteiger partial charge in [-0.05, 0) is 110 Å². The van der Waals surface area contributed by atoms with Crippen LogP contribution in [0.25, 0.3) is 22.8 Å². The number of nitrogens with zero attached hydrogens (tertiary/aromatic N) is 1. The maximum atomic E-state index is 12.8. The third-order valence-corrected chi connectivity index (χ3v) is 9.68. The first-order valence-electron chi connectivity index (χ1n) is 19.8. The van der Waals surface area contributed by atoms with Crippen molar-refractivity contribution in [3.63, 3.8) is 0 Å². The maximum absolute atomic E-state index is 12.8. The second-order valence-corrected chi connectivity index (χ2v) is 14.0. The molecule has 1 heterocycles. The summed E-state index contributed by atoms with van der Waals surface area (Å²) in [5.41, 5.74) is 5.10. The van der Waals surface area contributed by atoms with Gasteiger partial charge in [0.15, 0.2) is 5.76 Å². The Hall–Kier alpha value is -4.97. The minimum atomic E-state index is -0.389. The lowest BCUT2D eigenvalue weighted by Crippen LogP contribution is -2.08. The van der Waals surface area contributed by atoms with Crippen molar-refractivity contribution in [3.8, 4) is 34.3 Å². The molecule has 0 saturated carbocycles. The average Bonchev–Trinajstić information content (AvgIpc) is 3.69. The predicted octanol–water partition coefficient (Wildman–Crippen LogP) is 13.0. The number of unbranched alkanes of at least 4 members (excludes halogenated alkanes) is 12. The molecule has 53 heavy (non-hydrogen) atoms. The van der Waals surface area contributed by atoms with E-state index >= 15 is 0 Å². The number of rotatable bonds is 22. The lowest BCUT2D eigenvalue weighted by Gasteiger charge is -2.07. The summed E-state index contributed by atoms with van der Waals surface area (Å²) in [6, 6.07) is 29.7. The van der Waals surface area contributed by atoms with Crippen LogP contribution in [0.5, 0.6) is 11.5 Å². The van der Waals surface area contributed by atoms with E-state index in [0.717, 1.165) is 24.0 Å². The Kier molecular flexibility index (Phi) is 15.9. The summed E-state index contributed by atoms with van der Waals surface area (Å²) in [5, 5.41) is 0. The van der Waals surface area contributed by atoms with E-state index in [9.17, 15) is 9.59 Å². The number of hydrogen-bond acceptors (Lipinski definition) is 6. The first-order valence-corrected chi connectivity index (χ1v) is 19.8. The summed E-state index contributed by atoms with van der Waals surface area (Å²) in [6.07, 6.45) is 21.7. The van der Waals surface area contributed by atoms with Crippen LogP contribution in [-0.2, 0) is 12.8 Å². The Labute approximate surface area is 316 Å². The summed E-state index contributed by atoms with van der Waals surface area (Å²) in [4.78, 5) is 30.0. The van der Waals surface area contributed by atoms with Crippen molar-refractivity contribution < 1.29 is 23.5 Å². The molecule has 0 aliphatic heterocycles. The Morgan fingerprint density at radius 2 is 0.887 bits per heavy atom. The van der Waals surface area contributed by atoms with E-state index in [1.165, 1.54) is 101 Å². The summed E-state index contributed by atoms with van der Waals surface area (Å²) >= 11 is 0. The molecule has 5 rings (SSSR count). The van der Waals surface area contributed by atoms with Crippen LogP contribution in [0.1, 0.15) is 136 Å². The number of hydrogen-bond donors (Lipinski definition) is 0. The largest absolute Gasteiger partial charge is 0.436 e. The molecule has 6 heteroatoms. The number of aryl methyl sites for hydroxylation is 2. The van der Waals surface area contributed by atoms with E-state index in [4.69, 9.17) is 13.9 Å². The van der Waals surface area contributed by atoms with Gasteiger partial charge in [-0.2, -0.15) is 0 Å². The average molecular weight is 714 g/mol. The molecule has 278 valence electrons. The van der Waals surface area contributed by atoms with Crippen molar-refractivity contribution in [2.75, 3.05) is 0 Å². The number of ether oxygens (including phenoxy) is 2. The van der Waals surface area contributed by atoms with Crippen molar-refractivity contribution >= 4 is 11.9 Å². The lowest BCUT2D eigenvalue weighted by atomic mass is 10.0. The number of oxazole rings is 1. The molecule has 0 saturated heterocycles. The molecule has 0 aliphatic rings. The second kappa shape index (κ2) is 21.5. The highest BCUT2D eigenvalue weighted by Crippen LogP contribution is 2.29. The molecule has 0 spiro atoms. The molecule has 0 radical (unpaired) electrons. The molecule has 4 aromatic carbocycles. The number of carbonyl (C=O) groups excluding carboxylic acids is 2. The number of benzene rings is 4. The highest BCUT2D eigenvalue weighted by atomic mass is 16.5. The Bertz CT molecular complexity index is 1670. The van der Waals surface area contributed by atoms with Gasteiger partial charge in [-0.25, -0.2) is 14.6 Å². The van der Waals surface area contributed by atoms with Gasteiger partial charge in [-0.3, -0.25) is 0 Å². The van der Waals surface area contributed by atoms with E-state index in [1.807, 2.05) is 72.8 Å². The summed E-state index contributed by atoms with van der Waals surface area (Å²) in [6.45, 7) is 4.49. The van der Waals surface area contributed by atoms with Crippen molar-refractivity contribution in [1.29, 1.82) is 0 Å². The van der Waals surface area contributed by atoms with Crippen LogP contribution in [0.15, 0.2) is 108 Å². The zero-order chi connectivity index (χ0) is 37.1. The smallest absolute Gasteiger partial charge is 0.343 e. The maximum Gasteiger partial charge on any atom is 0.343 e. The molecule has 0 N–H and O–H groups in total. The van der Waals surface area contributed by atoms with E-state index < -0.39 is 0 Å². The van der Waals surface area contributed by atoms with Crippen molar-refractivity contribution in [1.82, 2.24) is 4.98 Å². The van der Waals surface area contributed by atoms with Crippen LogP contribution in [0.2, 0.25) is 0 Å². The molecule has 0 fully saturated rings. The molecule has 6 nitrogen and oxygen atoms in total. The number of esters is 2. The van der Waals surface area contributed by atoms with Gasteiger partial charge in [0.25, 0.3) is 0 Å². The van der Waals surface area contributed by atoms with Crippen LogP contribution >= 0.6 is 0 Å². The van der Waals surface area contributed by atoms with Gasteiger partial charge >= 0.3 is 11.9 Å². The normalized spacial score (nSPS) is 11.1. The standard InChI is InChI=1S/C47H55NO5/c1-3-5-7-9-11-13-15-17-36-19-23-40(24-20-36)46(49)51-42-31-27-38(28-32-42)44-35-48-45(53-44)39-29-33-43(34-30-39)52-47(50)41-25-21-37(22-26-41)18-16-14-12-10-8-6-4-2/h19-35H,3-18H2,1-2H3. The minimum absolute atomic E-state index is 0.386. The van der Waals surface area contributed by atoms with Crippen LogP contribution in [0.4, 0.5) is 0 Å². The van der Waals surface area contributed by atoms with Gasteiger partial charge in [-0.1, -0.05) is 115 Å². The highest BCUT2D eigenvalue weighted by molar-refractivity contribution is 5.91. The molecule has 0 amide bonds. The van der Waals surface area contributed by atoms with Crippen LogP contribution in [0.3, 0.4) is 0 Å². The van der Waals surface area contributed by atoms with Gasteiger partial charge < -0.3 is 13.9 Å². The zero-order valence-corrected chi connectivity index (χ0v) is 31.6. The van der Waals surface area contributed by atoms with Gasteiger partial charge in [0.2, 0.25) is 5.89 Å². The van der Waals surface area contributed by atoms with Crippen molar-refractivity contribution in [2.45, 2.75) is 117 Å². The third kappa shape index (κ3) is 12.9. The monoisotopic (exact) mass is 713 g/mol. The van der Waals surface area contributed by atoms with Crippen molar-refractivity contribution in [3.05, 3.63) is 126 Å². The van der Waals surface area contributed by atoms with E-state index in [2.05, 4.69) is 18.8 Å². The fourth-order valence-electron chi connectivity index (χ4n) is 6.41.